The smallest absolute Gasteiger partial charge is 0.462 e. The molecule has 400 valence electrons. The van der Waals surface area contributed by atoms with Crippen molar-refractivity contribution in [1.82, 2.24) is 0 Å². The number of unbranched alkanes of at least 4 members (excludes halogenated alkanes) is 17. The number of phosphoric ester groups is 2. The standard InChI is InChI=1S/C53H94O14P2/c1-4-6-7-8-30-35-40-49(54)41-36-31-26-22-19-20-23-27-32-37-42-52(56)63-46-51(47-66-69(61,62)65-45-50(55)44-64-68(58,59)60)67-53(57)43-38-33-28-24-18-16-14-12-10-9-11-13-15-17-21-25-29-34-39-48(3)5-2/h6-7,19-20,26-27,30-32,35-36,41,48-51,54-55H,4-5,8-18,21-25,28-29,33-34,37-40,42-47H2,1-3H3,(H,61,62)(H2,58,59,60)/b7-6-,20-19-,31-26-,32-27-,35-30-,41-36+/t48?,49?,50-,51+/m0/s1. The van der Waals surface area contributed by atoms with Crippen LogP contribution < -0.4 is 0 Å². The van der Waals surface area contributed by atoms with Gasteiger partial charge in [-0.2, -0.15) is 0 Å². The van der Waals surface area contributed by atoms with Crippen molar-refractivity contribution >= 4 is 27.6 Å². The van der Waals surface area contributed by atoms with Crippen LogP contribution in [0.1, 0.15) is 201 Å². The number of esters is 2. The van der Waals surface area contributed by atoms with Gasteiger partial charge < -0.3 is 34.4 Å². The molecule has 0 rings (SSSR count). The van der Waals surface area contributed by atoms with E-state index in [2.05, 4.69) is 37.4 Å². The van der Waals surface area contributed by atoms with Crippen molar-refractivity contribution in [2.45, 2.75) is 219 Å². The fraction of sp³-hybridized carbons (Fsp3) is 0.736. The van der Waals surface area contributed by atoms with E-state index in [1.54, 1.807) is 6.08 Å². The number of hydrogen-bond acceptors (Lipinski definition) is 11. The van der Waals surface area contributed by atoms with Crippen LogP contribution in [0.5, 0.6) is 0 Å². The van der Waals surface area contributed by atoms with Gasteiger partial charge in [0.2, 0.25) is 0 Å². The van der Waals surface area contributed by atoms with E-state index in [1.165, 1.54) is 96.3 Å². The van der Waals surface area contributed by atoms with Crippen LogP contribution in [0.25, 0.3) is 0 Å². The highest BCUT2D eigenvalue weighted by Crippen LogP contribution is 2.44. The van der Waals surface area contributed by atoms with E-state index in [-0.39, 0.29) is 12.8 Å². The Morgan fingerprint density at radius 1 is 0.536 bits per heavy atom. The summed E-state index contributed by atoms with van der Waals surface area (Å²) in [6, 6.07) is 0. The Morgan fingerprint density at radius 2 is 1.03 bits per heavy atom. The lowest BCUT2D eigenvalue weighted by Crippen LogP contribution is -2.29. The minimum atomic E-state index is -4.88. The molecule has 69 heavy (non-hydrogen) atoms. The Kier molecular flexibility index (Phi) is 44.9. The lowest BCUT2D eigenvalue weighted by atomic mass is 9.99. The summed E-state index contributed by atoms with van der Waals surface area (Å²) in [6.45, 7) is 3.89. The minimum Gasteiger partial charge on any atom is -0.462 e. The molecular formula is C53H94O14P2. The van der Waals surface area contributed by atoms with Crippen molar-refractivity contribution in [2.24, 2.45) is 5.92 Å². The number of phosphoric acid groups is 2. The molecule has 0 heterocycles. The van der Waals surface area contributed by atoms with Crippen LogP contribution in [0.2, 0.25) is 0 Å². The summed E-state index contributed by atoms with van der Waals surface area (Å²) in [5, 5.41) is 19.8. The van der Waals surface area contributed by atoms with Crippen molar-refractivity contribution in [1.29, 1.82) is 0 Å². The van der Waals surface area contributed by atoms with Gasteiger partial charge in [-0.3, -0.25) is 23.2 Å². The summed E-state index contributed by atoms with van der Waals surface area (Å²) in [5.74, 6) is -0.279. The maximum Gasteiger partial charge on any atom is 0.472 e. The van der Waals surface area contributed by atoms with Crippen molar-refractivity contribution < 1.29 is 66.7 Å². The highest BCUT2D eigenvalue weighted by Gasteiger charge is 2.28. The number of ether oxygens (including phenoxy) is 2. The maximum atomic E-state index is 12.7. The Balaban J connectivity index is 4.53. The van der Waals surface area contributed by atoms with Crippen LogP contribution in [0.4, 0.5) is 0 Å². The summed E-state index contributed by atoms with van der Waals surface area (Å²) in [5.41, 5.74) is 0. The number of hydrogen-bond donors (Lipinski definition) is 5. The molecule has 14 nitrogen and oxygen atoms in total. The molecule has 0 fully saturated rings. The normalized spacial score (nSPS) is 15.3. The number of aliphatic hydroxyl groups excluding tert-OH is 2. The maximum absolute atomic E-state index is 12.7. The molecule has 0 aliphatic carbocycles. The Morgan fingerprint density at radius 3 is 1.59 bits per heavy atom. The highest BCUT2D eigenvalue weighted by molar-refractivity contribution is 7.47. The van der Waals surface area contributed by atoms with Crippen LogP contribution in [0.3, 0.4) is 0 Å². The molecule has 16 heteroatoms. The molecule has 0 radical (unpaired) electrons. The van der Waals surface area contributed by atoms with Crippen molar-refractivity contribution in [3.8, 4) is 0 Å². The minimum absolute atomic E-state index is 0.0452. The first-order chi connectivity index (χ1) is 33.2. The average Bonchev–Trinajstić information content (AvgIpc) is 3.31. The number of carbonyl (C=O) groups excluding carboxylic acids is 2. The highest BCUT2D eigenvalue weighted by atomic mass is 31.2. The molecule has 0 bridgehead atoms. The number of allylic oxidation sites excluding steroid dienone is 10. The summed E-state index contributed by atoms with van der Waals surface area (Å²) >= 11 is 0. The van der Waals surface area contributed by atoms with Crippen LogP contribution in [0.15, 0.2) is 72.9 Å². The van der Waals surface area contributed by atoms with E-state index in [4.69, 9.17) is 28.3 Å². The molecule has 0 aromatic rings. The Labute approximate surface area is 417 Å². The van der Waals surface area contributed by atoms with Gasteiger partial charge in [0.15, 0.2) is 6.10 Å². The number of carbonyl (C=O) groups is 2. The van der Waals surface area contributed by atoms with Crippen molar-refractivity contribution in [3.05, 3.63) is 72.9 Å². The zero-order valence-corrected chi connectivity index (χ0v) is 44.5. The molecule has 0 saturated heterocycles. The predicted octanol–water partition coefficient (Wildman–Crippen LogP) is 13.3. The zero-order chi connectivity index (χ0) is 51.1. The van der Waals surface area contributed by atoms with Crippen LogP contribution in [-0.4, -0.2) is 81.6 Å². The van der Waals surface area contributed by atoms with Gasteiger partial charge in [0.25, 0.3) is 0 Å². The molecule has 0 aromatic heterocycles. The second kappa shape index (κ2) is 46.6. The number of aliphatic hydroxyl groups is 2. The van der Waals surface area contributed by atoms with E-state index in [9.17, 15) is 33.8 Å². The number of rotatable bonds is 48. The summed E-state index contributed by atoms with van der Waals surface area (Å²) in [6.07, 6.45) is 49.3. The Bertz CT molecular complexity index is 1520. The monoisotopic (exact) mass is 1020 g/mol. The third-order valence-corrected chi connectivity index (χ3v) is 12.7. The zero-order valence-electron chi connectivity index (χ0n) is 42.7. The van der Waals surface area contributed by atoms with Gasteiger partial charge in [0, 0.05) is 12.8 Å². The van der Waals surface area contributed by atoms with Crippen molar-refractivity contribution in [2.75, 3.05) is 26.4 Å². The third kappa shape index (κ3) is 50.3. The average molecular weight is 1020 g/mol. The van der Waals surface area contributed by atoms with Gasteiger partial charge in [0.1, 0.15) is 12.7 Å². The van der Waals surface area contributed by atoms with E-state index in [0.717, 1.165) is 50.9 Å². The Hall–Kier alpha value is -2.48. The van der Waals surface area contributed by atoms with Gasteiger partial charge >= 0.3 is 27.6 Å². The second-order valence-electron chi connectivity index (χ2n) is 17.9. The summed E-state index contributed by atoms with van der Waals surface area (Å²) in [7, 11) is -9.73. The lowest BCUT2D eigenvalue weighted by molar-refractivity contribution is -0.161. The van der Waals surface area contributed by atoms with E-state index in [0.29, 0.717) is 25.7 Å². The third-order valence-electron chi connectivity index (χ3n) is 11.2. The molecule has 0 spiro atoms. The topological polar surface area (TPSA) is 216 Å². The second-order valence-corrected chi connectivity index (χ2v) is 20.6. The molecule has 0 aliphatic heterocycles. The molecule has 3 unspecified atom stereocenters. The van der Waals surface area contributed by atoms with Crippen LogP contribution in [0, 0.1) is 5.92 Å². The lowest BCUT2D eigenvalue weighted by Gasteiger charge is -2.20. The molecule has 0 aromatic carbocycles. The molecule has 5 atom stereocenters. The molecule has 0 saturated carbocycles. The quantitative estimate of drug-likeness (QED) is 0.0126. The van der Waals surface area contributed by atoms with E-state index >= 15 is 0 Å². The SMILES string of the molecule is CC/C=C\C/C=C\CC(O)/C=C/C=C\C/C=C\C/C=C\CCC(=O)OC[C@H](COP(=O)(O)OC[C@@H](O)COP(=O)(O)O)OC(=O)CCCCCCCCCCCCCCCCCCCCC(C)CC. The van der Waals surface area contributed by atoms with Gasteiger partial charge in [-0.05, 0) is 50.9 Å². The fourth-order valence-corrected chi connectivity index (χ4v) is 8.06. The van der Waals surface area contributed by atoms with Crippen LogP contribution in [-0.2, 0) is 41.8 Å². The largest absolute Gasteiger partial charge is 0.472 e. The van der Waals surface area contributed by atoms with E-state index < -0.39 is 72.3 Å². The van der Waals surface area contributed by atoms with Crippen LogP contribution >= 0.6 is 15.6 Å². The van der Waals surface area contributed by atoms with E-state index in [1.807, 2.05) is 54.7 Å². The van der Waals surface area contributed by atoms with Gasteiger partial charge in [0.05, 0.1) is 25.9 Å². The first kappa shape index (κ1) is 66.5. The van der Waals surface area contributed by atoms with Gasteiger partial charge in [-0.25, -0.2) is 9.13 Å². The van der Waals surface area contributed by atoms with Gasteiger partial charge in [-0.1, -0.05) is 216 Å². The molecule has 0 amide bonds. The first-order valence-electron chi connectivity index (χ1n) is 26.1. The van der Waals surface area contributed by atoms with Crippen molar-refractivity contribution in [3.63, 3.8) is 0 Å². The first-order valence-corrected chi connectivity index (χ1v) is 29.2. The molecule has 5 N–H and O–H groups in total. The molecule has 0 aliphatic rings. The molecular weight excluding hydrogens is 923 g/mol. The predicted molar refractivity (Wildman–Crippen MR) is 277 cm³/mol. The van der Waals surface area contributed by atoms with Gasteiger partial charge in [-0.15, -0.1) is 0 Å². The fourth-order valence-electron chi connectivity index (χ4n) is 6.91. The summed E-state index contributed by atoms with van der Waals surface area (Å²) < 4.78 is 47.9. The summed E-state index contributed by atoms with van der Waals surface area (Å²) in [4.78, 5) is 52.9.